The van der Waals surface area contributed by atoms with Gasteiger partial charge >= 0.3 is 0 Å². The first-order valence-corrected chi connectivity index (χ1v) is 3.96. The lowest BCUT2D eigenvalue weighted by Gasteiger charge is -2.12. The van der Waals surface area contributed by atoms with Crippen LogP contribution in [0.25, 0.3) is 0 Å². The average Bonchev–Trinajstić information content (AvgIpc) is 2.06. The Hall–Kier alpha value is -0.100. The molecule has 11 heavy (non-hydrogen) atoms. The summed E-state index contributed by atoms with van der Waals surface area (Å²) >= 11 is 3.89. The van der Waals surface area contributed by atoms with E-state index in [0.29, 0.717) is 5.75 Å². The number of carbonyl (C=O) groups excluding carboxylic acids is 1. The number of carbonyl (C=O) groups is 1. The van der Waals surface area contributed by atoms with Gasteiger partial charge in [-0.15, -0.1) is 0 Å². The van der Waals surface area contributed by atoms with E-state index < -0.39 is 6.10 Å². The molecule has 0 saturated heterocycles. The lowest BCUT2D eigenvalue weighted by atomic mass is 10.3. The summed E-state index contributed by atoms with van der Waals surface area (Å²) in [4.78, 5) is 10.2. The molecule has 0 spiro atoms. The van der Waals surface area contributed by atoms with Gasteiger partial charge in [0.25, 0.3) is 0 Å². The molecule has 66 valence electrons. The molecule has 0 aromatic carbocycles. The van der Waals surface area contributed by atoms with Crippen LogP contribution >= 0.6 is 12.6 Å². The van der Waals surface area contributed by atoms with E-state index >= 15 is 0 Å². The quantitative estimate of drug-likeness (QED) is 0.294. The topological polar surface area (TPSA) is 69.6 Å². The zero-order valence-electron chi connectivity index (χ0n) is 6.10. The second kappa shape index (κ2) is 6.60. The molecule has 0 fully saturated rings. The molecule has 0 rings (SSSR count). The molecule has 0 aromatic heterocycles. The second-order valence-corrected chi connectivity index (χ2v) is 2.53. The Labute approximate surface area is 71.0 Å². The summed E-state index contributed by atoms with van der Waals surface area (Å²) in [6, 6.07) is -0.348. The molecule has 2 atom stereocenters. The van der Waals surface area contributed by atoms with Crippen molar-refractivity contribution in [1.82, 2.24) is 5.32 Å². The van der Waals surface area contributed by atoms with Crippen molar-refractivity contribution in [3.63, 3.8) is 0 Å². The normalized spacial score (nSPS) is 15.9. The Morgan fingerprint density at radius 2 is 2.27 bits per heavy atom. The Morgan fingerprint density at radius 3 is 2.64 bits per heavy atom. The molecule has 0 bridgehead atoms. The van der Waals surface area contributed by atoms with Crippen LogP contribution in [0.2, 0.25) is 0 Å². The van der Waals surface area contributed by atoms with Crippen molar-refractivity contribution in [2.75, 3.05) is 18.9 Å². The van der Waals surface area contributed by atoms with Gasteiger partial charge in [0.2, 0.25) is 0 Å². The number of rotatable bonds is 6. The number of aldehydes is 1. The first-order chi connectivity index (χ1) is 5.24. The largest absolute Gasteiger partial charge is 0.394 e. The van der Waals surface area contributed by atoms with E-state index in [-0.39, 0.29) is 19.2 Å². The first kappa shape index (κ1) is 10.9. The third kappa shape index (κ3) is 5.20. The van der Waals surface area contributed by atoms with Gasteiger partial charge in [0.05, 0.1) is 18.8 Å². The SMILES string of the molecule is O=C[C@H](CS)NCC(O)CO. The molecule has 0 radical (unpaired) electrons. The van der Waals surface area contributed by atoms with Gasteiger partial charge in [-0.2, -0.15) is 12.6 Å². The molecular formula is C6H13NO3S. The summed E-state index contributed by atoms with van der Waals surface area (Å²) < 4.78 is 0. The van der Waals surface area contributed by atoms with Crippen molar-refractivity contribution in [2.45, 2.75) is 12.1 Å². The fraction of sp³-hybridized carbons (Fsp3) is 0.833. The Kier molecular flexibility index (Phi) is 6.54. The van der Waals surface area contributed by atoms with Gasteiger partial charge < -0.3 is 20.3 Å². The van der Waals surface area contributed by atoms with E-state index in [0.717, 1.165) is 6.29 Å². The minimum atomic E-state index is -0.808. The van der Waals surface area contributed by atoms with Crippen molar-refractivity contribution in [1.29, 1.82) is 0 Å². The van der Waals surface area contributed by atoms with Crippen LogP contribution in [0.15, 0.2) is 0 Å². The van der Waals surface area contributed by atoms with E-state index in [1.165, 1.54) is 0 Å². The summed E-state index contributed by atoms with van der Waals surface area (Å²) in [6.45, 7) is -0.0917. The van der Waals surface area contributed by atoms with Crippen LogP contribution in [0, 0.1) is 0 Å². The fourth-order valence-electron chi connectivity index (χ4n) is 0.508. The number of aliphatic hydroxyl groups is 2. The van der Waals surface area contributed by atoms with E-state index in [9.17, 15) is 4.79 Å². The van der Waals surface area contributed by atoms with Crippen LogP contribution in [0.1, 0.15) is 0 Å². The monoisotopic (exact) mass is 179 g/mol. The summed E-state index contributed by atoms with van der Waals surface area (Å²) in [6.07, 6.45) is -0.0887. The molecular weight excluding hydrogens is 166 g/mol. The Bertz CT molecular complexity index is 112. The fourth-order valence-corrected chi connectivity index (χ4v) is 0.723. The van der Waals surface area contributed by atoms with Crippen LogP contribution in [0.5, 0.6) is 0 Å². The standard InChI is InChI=1S/C6H13NO3S/c8-2-5(4-11)7-1-6(10)3-9/h2,5-7,9-11H,1,3-4H2/t5-,6?/m1/s1. The summed E-state index contributed by atoms with van der Waals surface area (Å²) in [7, 11) is 0. The lowest BCUT2D eigenvalue weighted by molar-refractivity contribution is -0.109. The van der Waals surface area contributed by atoms with Crippen LogP contribution < -0.4 is 5.32 Å². The number of hydrogen-bond acceptors (Lipinski definition) is 5. The molecule has 0 aliphatic carbocycles. The zero-order chi connectivity index (χ0) is 8.69. The lowest BCUT2D eigenvalue weighted by Crippen LogP contribution is -2.39. The molecule has 4 nitrogen and oxygen atoms in total. The Morgan fingerprint density at radius 1 is 1.64 bits per heavy atom. The highest BCUT2D eigenvalue weighted by atomic mass is 32.1. The summed E-state index contributed by atoms with van der Waals surface area (Å²) in [5.74, 6) is 0.391. The van der Waals surface area contributed by atoms with E-state index in [1.807, 2.05) is 0 Å². The smallest absolute Gasteiger partial charge is 0.137 e. The van der Waals surface area contributed by atoms with Crippen LogP contribution in [-0.2, 0) is 4.79 Å². The van der Waals surface area contributed by atoms with Crippen molar-refractivity contribution >= 4 is 18.9 Å². The number of hydrogen-bond donors (Lipinski definition) is 4. The molecule has 0 heterocycles. The van der Waals surface area contributed by atoms with Gasteiger partial charge in [-0.3, -0.25) is 0 Å². The van der Waals surface area contributed by atoms with Gasteiger partial charge in [-0.05, 0) is 0 Å². The molecule has 0 aliphatic rings. The molecule has 3 N–H and O–H groups in total. The van der Waals surface area contributed by atoms with Crippen molar-refractivity contribution < 1.29 is 15.0 Å². The molecule has 5 heteroatoms. The van der Waals surface area contributed by atoms with Crippen LogP contribution in [-0.4, -0.2) is 47.5 Å². The van der Waals surface area contributed by atoms with Gasteiger partial charge in [0.15, 0.2) is 0 Å². The predicted octanol–water partition coefficient (Wildman–Crippen LogP) is -1.57. The summed E-state index contributed by atoms with van der Waals surface area (Å²) in [5.41, 5.74) is 0. The highest BCUT2D eigenvalue weighted by Gasteiger charge is 2.06. The maximum absolute atomic E-state index is 10.2. The highest BCUT2D eigenvalue weighted by molar-refractivity contribution is 7.80. The molecule has 1 unspecified atom stereocenters. The van der Waals surface area contributed by atoms with Crippen molar-refractivity contribution in [3.8, 4) is 0 Å². The molecule has 0 aliphatic heterocycles. The van der Waals surface area contributed by atoms with Crippen molar-refractivity contribution in [3.05, 3.63) is 0 Å². The maximum atomic E-state index is 10.2. The molecule has 0 aromatic rings. The molecule has 0 saturated carbocycles. The van der Waals surface area contributed by atoms with E-state index in [1.54, 1.807) is 0 Å². The summed E-state index contributed by atoms with van der Waals surface area (Å²) in [5, 5.41) is 20.0. The van der Waals surface area contributed by atoms with Gasteiger partial charge in [0.1, 0.15) is 6.29 Å². The minimum Gasteiger partial charge on any atom is -0.394 e. The van der Waals surface area contributed by atoms with Gasteiger partial charge in [-0.1, -0.05) is 0 Å². The highest BCUT2D eigenvalue weighted by Crippen LogP contribution is 1.84. The van der Waals surface area contributed by atoms with Gasteiger partial charge in [0, 0.05) is 12.3 Å². The van der Waals surface area contributed by atoms with Crippen LogP contribution in [0.3, 0.4) is 0 Å². The number of nitrogens with one attached hydrogen (secondary N) is 1. The van der Waals surface area contributed by atoms with Gasteiger partial charge in [-0.25, -0.2) is 0 Å². The minimum absolute atomic E-state index is 0.209. The molecule has 0 amide bonds. The average molecular weight is 179 g/mol. The number of thiol groups is 1. The predicted molar refractivity (Wildman–Crippen MR) is 44.8 cm³/mol. The number of aliphatic hydroxyl groups excluding tert-OH is 2. The second-order valence-electron chi connectivity index (χ2n) is 2.17. The third-order valence-electron chi connectivity index (χ3n) is 1.19. The Balaban J connectivity index is 3.41. The zero-order valence-corrected chi connectivity index (χ0v) is 7.00. The van der Waals surface area contributed by atoms with E-state index in [4.69, 9.17) is 10.2 Å². The van der Waals surface area contributed by atoms with Crippen LogP contribution in [0.4, 0.5) is 0 Å². The first-order valence-electron chi connectivity index (χ1n) is 3.33. The third-order valence-corrected chi connectivity index (χ3v) is 1.58. The van der Waals surface area contributed by atoms with E-state index in [2.05, 4.69) is 17.9 Å². The maximum Gasteiger partial charge on any atom is 0.137 e. The van der Waals surface area contributed by atoms with Crippen molar-refractivity contribution in [2.24, 2.45) is 0 Å².